The van der Waals surface area contributed by atoms with Gasteiger partial charge in [-0.25, -0.2) is 8.42 Å². The van der Waals surface area contributed by atoms with Crippen LogP contribution in [0.25, 0.3) is 0 Å². The van der Waals surface area contributed by atoms with Crippen LogP contribution in [0.5, 0.6) is 17.2 Å². The molecule has 0 spiro atoms. The number of hydrogen-bond donors (Lipinski definition) is 0. The number of rotatable bonds is 6. The molecule has 142 valence electrons. The van der Waals surface area contributed by atoms with E-state index in [1.54, 1.807) is 6.07 Å². The standard InChI is InChI=1S/C17H18F3NO4S/c1-21(2)11-12-4-9-15(26(3,22)23)10-16(12)24-13-5-7-14(8-6-13)25-17(18,19)20/h4-10H,11H2,1-3H3. The zero-order valence-electron chi connectivity index (χ0n) is 14.4. The highest BCUT2D eigenvalue weighted by molar-refractivity contribution is 7.90. The van der Waals surface area contributed by atoms with Crippen LogP contribution >= 0.6 is 0 Å². The summed E-state index contributed by atoms with van der Waals surface area (Å²) in [6, 6.07) is 9.40. The summed E-state index contributed by atoms with van der Waals surface area (Å²) in [6.45, 7) is 0.495. The van der Waals surface area contributed by atoms with Gasteiger partial charge < -0.3 is 14.4 Å². The van der Waals surface area contributed by atoms with Crippen LogP contribution in [-0.4, -0.2) is 40.0 Å². The van der Waals surface area contributed by atoms with Gasteiger partial charge in [-0.15, -0.1) is 13.2 Å². The Morgan fingerprint density at radius 1 is 1.00 bits per heavy atom. The van der Waals surface area contributed by atoms with E-state index >= 15 is 0 Å². The van der Waals surface area contributed by atoms with Crippen molar-refractivity contribution in [2.75, 3.05) is 20.4 Å². The van der Waals surface area contributed by atoms with Crippen molar-refractivity contribution in [3.63, 3.8) is 0 Å². The summed E-state index contributed by atoms with van der Waals surface area (Å²) in [6.07, 6.45) is -3.69. The van der Waals surface area contributed by atoms with Crippen LogP contribution in [0.15, 0.2) is 47.4 Å². The summed E-state index contributed by atoms with van der Waals surface area (Å²) in [7, 11) is 0.261. The summed E-state index contributed by atoms with van der Waals surface area (Å²) >= 11 is 0. The minimum Gasteiger partial charge on any atom is -0.457 e. The number of hydrogen-bond acceptors (Lipinski definition) is 5. The molecule has 0 saturated carbocycles. The number of sulfone groups is 1. The van der Waals surface area contributed by atoms with E-state index < -0.39 is 16.2 Å². The molecule has 0 fully saturated rings. The highest BCUT2D eigenvalue weighted by Gasteiger charge is 2.31. The highest BCUT2D eigenvalue weighted by Crippen LogP contribution is 2.31. The summed E-state index contributed by atoms with van der Waals surface area (Å²) < 4.78 is 69.6. The van der Waals surface area contributed by atoms with E-state index in [1.807, 2.05) is 19.0 Å². The monoisotopic (exact) mass is 389 g/mol. The van der Waals surface area contributed by atoms with E-state index in [-0.39, 0.29) is 16.4 Å². The van der Waals surface area contributed by atoms with Crippen molar-refractivity contribution in [3.05, 3.63) is 48.0 Å². The lowest BCUT2D eigenvalue weighted by Crippen LogP contribution is -2.16. The van der Waals surface area contributed by atoms with E-state index in [4.69, 9.17) is 4.74 Å². The molecule has 0 unspecified atom stereocenters. The first-order valence-electron chi connectivity index (χ1n) is 7.45. The van der Waals surface area contributed by atoms with Gasteiger partial charge in [0.25, 0.3) is 0 Å². The average Bonchev–Trinajstić information content (AvgIpc) is 2.48. The van der Waals surface area contributed by atoms with Gasteiger partial charge in [0.15, 0.2) is 9.84 Å². The quantitative estimate of drug-likeness (QED) is 0.751. The molecule has 2 rings (SSSR count). The Labute approximate surface area is 149 Å². The van der Waals surface area contributed by atoms with Crippen LogP contribution in [0.4, 0.5) is 13.2 Å². The van der Waals surface area contributed by atoms with Gasteiger partial charge >= 0.3 is 6.36 Å². The lowest BCUT2D eigenvalue weighted by molar-refractivity contribution is -0.274. The van der Waals surface area contributed by atoms with E-state index in [0.29, 0.717) is 12.3 Å². The SMILES string of the molecule is CN(C)Cc1ccc(S(C)(=O)=O)cc1Oc1ccc(OC(F)(F)F)cc1. The second-order valence-corrected chi connectivity index (χ2v) is 7.92. The first-order valence-corrected chi connectivity index (χ1v) is 9.34. The topological polar surface area (TPSA) is 55.8 Å². The van der Waals surface area contributed by atoms with Crippen molar-refractivity contribution in [1.29, 1.82) is 0 Å². The Morgan fingerprint density at radius 3 is 2.08 bits per heavy atom. The van der Waals surface area contributed by atoms with Crippen molar-refractivity contribution in [2.24, 2.45) is 0 Å². The molecule has 0 saturated heterocycles. The molecular weight excluding hydrogens is 371 g/mol. The molecule has 26 heavy (non-hydrogen) atoms. The maximum absolute atomic E-state index is 12.2. The van der Waals surface area contributed by atoms with Crippen LogP contribution in [-0.2, 0) is 16.4 Å². The zero-order valence-corrected chi connectivity index (χ0v) is 15.2. The molecule has 0 heterocycles. The molecule has 0 N–H and O–H groups in total. The first-order chi connectivity index (χ1) is 11.9. The molecule has 0 radical (unpaired) electrons. The second kappa shape index (κ2) is 7.55. The van der Waals surface area contributed by atoms with E-state index in [2.05, 4.69) is 4.74 Å². The fourth-order valence-electron chi connectivity index (χ4n) is 2.17. The van der Waals surface area contributed by atoms with Crippen LogP contribution in [0, 0.1) is 0 Å². The molecule has 0 atom stereocenters. The molecule has 0 aliphatic rings. The van der Waals surface area contributed by atoms with Crippen molar-refractivity contribution in [1.82, 2.24) is 4.90 Å². The predicted molar refractivity (Wildman–Crippen MR) is 90.1 cm³/mol. The molecular formula is C17H18F3NO4S. The number of ether oxygens (including phenoxy) is 2. The number of alkyl halides is 3. The molecule has 9 heteroatoms. The largest absolute Gasteiger partial charge is 0.573 e. The van der Waals surface area contributed by atoms with Crippen LogP contribution in [0.1, 0.15) is 5.56 Å². The third-order valence-electron chi connectivity index (χ3n) is 3.24. The fourth-order valence-corrected chi connectivity index (χ4v) is 2.80. The third kappa shape index (κ3) is 5.92. The van der Waals surface area contributed by atoms with Crippen molar-refractivity contribution in [2.45, 2.75) is 17.8 Å². The molecule has 2 aromatic carbocycles. The third-order valence-corrected chi connectivity index (χ3v) is 4.35. The van der Waals surface area contributed by atoms with Gasteiger partial charge in [0.2, 0.25) is 0 Å². The molecule has 2 aromatic rings. The second-order valence-electron chi connectivity index (χ2n) is 5.90. The maximum atomic E-state index is 12.2. The summed E-state index contributed by atoms with van der Waals surface area (Å²) in [5, 5.41) is 0. The van der Waals surface area contributed by atoms with Crippen molar-refractivity contribution in [3.8, 4) is 17.2 Å². The number of nitrogens with zero attached hydrogens (tertiary/aromatic N) is 1. The van der Waals surface area contributed by atoms with E-state index in [0.717, 1.165) is 24.0 Å². The van der Waals surface area contributed by atoms with Gasteiger partial charge in [0, 0.05) is 18.4 Å². The number of benzene rings is 2. The van der Waals surface area contributed by atoms with E-state index in [9.17, 15) is 21.6 Å². The van der Waals surface area contributed by atoms with Crippen molar-refractivity contribution < 1.29 is 31.1 Å². The summed E-state index contributed by atoms with van der Waals surface area (Å²) in [5.41, 5.74) is 0.734. The lowest BCUT2D eigenvalue weighted by Gasteiger charge is -2.16. The van der Waals surface area contributed by atoms with Crippen LogP contribution in [0.3, 0.4) is 0 Å². The highest BCUT2D eigenvalue weighted by atomic mass is 32.2. The summed E-state index contributed by atoms with van der Waals surface area (Å²) in [5.74, 6) is 0.194. The molecule has 5 nitrogen and oxygen atoms in total. The Balaban J connectivity index is 2.31. The average molecular weight is 389 g/mol. The minimum atomic E-state index is -4.77. The smallest absolute Gasteiger partial charge is 0.457 e. The Kier molecular flexibility index (Phi) is 5.82. The number of halogens is 3. The first kappa shape index (κ1) is 20.1. The molecule has 0 bridgehead atoms. The predicted octanol–water partition coefficient (Wildman–Crippen LogP) is 3.84. The van der Waals surface area contributed by atoms with Gasteiger partial charge in [-0.3, -0.25) is 0 Å². The minimum absolute atomic E-state index is 0.0898. The van der Waals surface area contributed by atoms with Gasteiger partial charge in [0.1, 0.15) is 17.2 Å². The summed E-state index contributed by atoms with van der Waals surface area (Å²) in [4.78, 5) is 1.97. The Morgan fingerprint density at radius 2 is 1.58 bits per heavy atom. The molecule has 0 aliphatic heterocycles. The van der Waals surface area contributed by atoms with Gasteiger partial charge in [-0.05, 0) is 50.5 Å². The van der Waals surface area contributed by atoms with Gasteiger partial charge in [-0.1, -0.05) is 6.07 Å². The molecule has 0 amide bonds. The van der Waals surface area contributed by atoms with E-state index in [1.165, 1.54) is 24.3 Å². The van der Waals surface area contributed by atoms with Crippen LogP contribution < -0.4 is 9.47 Å². The lowest BCUT2D eigenvalue weighted by atomic mass is 10.2. The Hall–Kier alpha value is -2.26. The zero-order chi connectivity index (χ0) is 19.5. The molecule has 0 aromatic heterocycles. The maximum Gasteiger partial charge on any atom is 0.573 e. The van der Waals surface area contributed by atoms with Gasteiger partial charge in [-0.2, -0.15) is 0 Å². The van der Waals surface area contributed by atoms with Crippen molar-refractivity contribution >= 4 is 9.84 Å². The normalized spacial score (nSPS) is 12.3. The fraction of sp³-hybridized carbons (Fsp3) is 0.294. The van der Waals surface area contributed by atoms with Gasteiger partial charge in [0.05, 0.1) is 4.90 Å². The Bertz CT molecular complexity index is 863. The molecule has 0 aliphatic carbocycles. The van der Waals surface area contributed by atoms with Crippen LogP contribution in [0.2, 0.25) is 0 Å².